The second kappa shape index (κ2) is 6.44. The van der Waals surface area contributed by atoms with Gasteiger partial charge in [-0.25, -0.2) is 0 Å². The average molecular weight is 354 g/mol. The van der Waals surface area contributed by atoms with Crippen LogP contribution in [0.5, 0.6) is 0 Å². The lowest BCUT2D eigenvalue weighted by Crippen LogP contribution is -2.55. The monoisotopic (exact) mass is 354 g/mol. The van der Waals surface area contributed by atoms with Gasteiger partial charge in [-0.15, -0.1) is 0 Å². The minimum absolute atomic E-state index is 0.0708. The standard InChI is InChI=1S/C18H26O7/c1-6-16(2,3)14(21)23-9-10-24-15(22)18(5)12-8-7-11(25-12)17(18,4)13(19)20/h7-8,11-12H,6,9-10H2,1-5H3,(H,19,20). The summed E-state index contributed by atoms with van der Waals surface area (Å²) in [6, 6.07) is 0. The lowest BCUT2D eigenvalue weighted by atomic mass is 9.59. The molecule has 2 rings (SSSR count). The number of carbonyl (C=O) groups excluding carboxylic acids is 2. The molecule has 140 valence electrons. The van der Waals surface area contributed by atoms with Gasteiger partial charge in [0.1, 0.15) is 24.0 Å². The molecule has 0 spiro atoms. The summed E-state index contributed by atoms with van der Waals surface area (Å²) in [5.41, 5.74) is -3.35. The molecule has 0 aromatic rings. The van der Waals surface area contributed by atoms with Crippen molar-refractivity contribution in [2.75, 3.05) is 13.2 Å². The maximum atomic E-state index is 12.6. The van der Waals surface area contributed by atoms with Crippen LogP contribution in [-0.4, -0.2) is 48.4 Å². The minimum Gasteiger partial charge on any atom is -0.481 e. The summed E-state index contributed by atoms with van der Waals surface area (Å²) in [6.07, 6.45) is 2.68. The number of carboxylic acids is 1. The van der Waals surface area contributed by atoms with Gasteiger partial charge in [-0.2, -0.15) is 0 Å². The Kier molecular flexibility index (Phi) is 5.01. The molecular formula is C18H26O7. The van der Waals surface area contributed by atoms with E-state index in [4.69, 9.17) is 14.2 Å². The molecule has 0 amide bonds. The van der Waals surface area contributed by atoms with E-state index in [1.54, 1.807) is 32.9 Å². The van der Waals surface area contributed by atoms with E-state index in [1.807, 2.05) is 6.92 Å². The van der Waals surface area contributed by atoms with Crippen LogP contribution in [0.15, 0.2) is 12.2 Å². The predicted octanol–water partition coefficient (Wildman–Crippen LogP) is 1.94. The first kappa shape index (κ1) is 19.4. The molecule has 2 heterocycles. The van der Waals surface area contributed by atoms with Crippen molar-refractivity contribution in [1.82, 2.24) is 0 Å². The molecule has 25 heavy (non-hydrogen) atoms. The third-order valence-corrected chi connectivity index (χ3v) is 5.83. The number of hydrogen-bond acceptors (Lipinski definition) is 6. The van der Waals surface area contributed by atoms with Crippen molar-refractivity contribution in [2.24, 2.45) is 16.2 Å². The highest BCUT2D eigenvalue weighted by Crippen LogP contribution is 2.57. The second-order valence-electron chi connectivity index (χ2n) is 7.58. The van der Waals surface area contributed by atoms with Crippen LogP contribution in [-0.2, 0) is 28.6 Å². The van der Waals surface area contributed by atoms with Crippen LogP contribution < -0.4 is 0 Å². The molecule has 7 nitrogen and oxygen atoms in total. The van der Waals surface area contributed by atoms with Crippen molar-refractivity contribution in [3.8, 4) is 0 Å². The van der Waals surface area contributed by atoms with Gasteiger partial charge in [0.2, 0.25) is 0 Å². The summed E-state index contributed by atoms with van der Waals surface area (Å²) < 4.78 is 16.0. The van der Waals surface area contributed by atoms with Gasteiger partial charge >= 0.3 is 17.9 Å². The Hall–Kier alpha value is -1.89. The predicted molar refractivity (Wildman–Crippen MR) is 87.6 cm³/mol. The molecule has 4 unspecified atom stereocenters. The topological polar surface area (TPSA) is 99.1 Å². The molecule has 7 heteroatoms. The van der Waals surface area contributed by atoms with Crippen LogP contribution in [0.25, 0.3) is 0 Å². The minimum atomic E-state index is -1.41. The fourth-order valence-corrected chi connectivity index (χ4v) is 3.13. The molecular weight excluding hydrogens is 328 g/mol. The van der Waals surface area contributed by atoms with E-state index in [0.717, 1.165) is 0 Å². The average Bonchev–Trinajstić information content (AvgIpc) is 3.13. The molecule has 1 N–H and O–H groups in total. The third kappa shape index (κ3) is 2.84. The first-order valence-electron chi connectivity index (χ1n) is 8.43. The number of aliphatic carboxylic acids is 1. The summed E-state index contributed by atoms with van der Waals surface area (Å²) in [5.74, 6) is -2.14. The number of esters is 2. The summed E-state index contributed by atoms with van der Waals surface area (Å²) in [7, 11) is 0. The smallest absolute Gasteiger partial charge is 0.316 e. The number of rotatable bonds is 7. The summed E-state index contributed by atoms with van der Waals surface area (Å²) in [4.78, 5) is 36.3. The van der Waals surface area contributed by atoms with Gasteiger partial charge in [-0.3, -0.25) is 14.4 Å². The Labute approximate surface area is 147 Å². The molecule has 2 aliphatic rings. The van der Waals surface area contributed by atoms with Crippen molar-refractivity contribution >= 4 is 17.9 Å². The van der Waals surface area contributed by atoms with E-state index in [0.29, 0.717) is 6.42 Å². The molecule has 0 radical (unpaired) electrons. The fourth-order valence-electron chi connectivity index (χ4n) is 3.13. The first-order valence-corrected chi connectivity index (χ1v) is 8.43. The van der Waals surface area contributed by atoms with Crippen LogP contribution in [0.1, 0.15) is 41.0 Å². The van der Waals surface area contributed by atoms with E-state index < -0.39 is 40.4 Å². The lowest BCUT2D eigenvalue weighted by Gasteiger charge is -2.39. The quantitative estimate of drug-likeness (QED) is 0.424. The van der Waals surface area contributed by atoms with Crippen molar-refractivity contribution < 1.29 is 33.7 Å². The van der Waals surface area contributed by atoms with E-state index in [9.17, 15) is 19.5 Å². The molecule has 0 aliphatic carbocycles. The molecule has 2 bridgehead atoms. The summed E-state index contributed by atoms with van der Waals surface area (Å²) >= 11 is 0. The Morgan fingerprint density at radius 3 is 2.12 bits per heavy atom. The summed E-state index contributed by atoms with van der Waals surface area (Å²) in [6.45, 7) is 8.28. The number of carbonyl (C=O) groups is 3. The first-order chi connectivity index (χ1) is 11.5. The molecule has 0 aromatic carbocycles. The SMILES string of the molecule is CCC(C)(C)C(=O)OCCOC(=O)C1(C)C2C=CC(O2)C1(C)C(=O)O. The van der Waals surface area contributed by atoms with Crippen molar-refractivity contribution in [3.63, 3.8) is 0 Å². The van der Waals surface area contributed by atoms with Crippen molar-refractivity contribution in [1.29, 1.82) is 0 Å². The molecule has 1 saturated heterocycles. The maximum absolute atomic E-state index is 12.6. The number of carboxylic acid groups (broad SMARTS) is 1. The van der Waals surface area contributed by atoms with Gasteiger partial charge in [-0.1, -0.05) is 19.1 Å². The van der Waals surface area contributed by atoms with Crippen molar-refractivity contribution in [2.45, 2.75) is 53.2 Å². The number of fused-ring (bicyclic) bond motifs is 2. The highest BCUT2D eigenvalue weighted by molar-refractivity contribution is 5.90. The van der Waals surface area contributed by atoms with E-state index >= 15 is 0 Å². The van der Waals surface area contributed by atoms with Crippen LogP contribution in [0.4, 0.5) is 0 Å². The van der Waals surface area contributed by atoms with Crippen LogP contribution in [0, 0.1) is 16.2 Å². The van der Waals surface area contributed by atoms with Crippen LogP contribution in [0.3, 0.4) is 0 Å². The normalized spacial score (nSPS) is 33.3. The Bertz CT molecular complexity index is 609. The Balaban J connectivity index is 1.98. The Morgan fingerprint density at radius 1 is 1.08 bits per heavy atom. The zero-order valence-electron chi connectivity index (χ0n) is 15.3. The van der Waals surface area contributed by atoms with E-state index in [-0.39, 0.29) is 19.2 Å². The number of ether oxygens (including phenoxy) is 3. The fraction of sp³-hybridized carbons (Fsp3) is 0.722. The Morgan fingerprint density at radius 2 is 1.60 bits per heavy atom. The van der Waals surface area contributed by atoms with Crippen molar-refractivity contribution in [3.05, 3.63) is 12.2 Å². The van der Waals surface area contributed by atoms with Gasteiger partial charge in [0.05, 0.1) is 17.6 Å². The van der Waals surface area contributed by atoms with Crippen LogP contribution >= 0.6 is 0 Å². The summed E-state index contributed by atoms with van der Waals surface area (Å²) in [5, 5.41) is 9.65. The van der Waals surface area contributed by atoms with Gasteiger partial charge in [0.25, 0.3) is 0 Å². The number of hydrogen-bond donors (Lipinski definition) is 1. The molecule has 1 fully saturated rings. The van der Waals surface area contributed by atoms with E-state index in [2.05, 4.69) is 0 Å². The zero-order chi connectivity index (χ0) is 19.0. The van der Waals surface area contributed by atoms with E-state index in [1.165, 1.54) is 6.92 Å². The third-order valence-electron chi connectivity index (χ3n) is 5.83. The molecule has 0 aromatic heterocycles. The largest absolute Gasteiger partial charge is 0.481 e. The second-order valence-corrected chi connectivity index (χ2v) is 7.58. The van der Waals surface area contributed by atoms with Crippen LogP contribution in [0.2, 0.25) is 0 Å². The highest BCUT2D eigenvalue weighted by atomic mass is 16.6. The maximum Gasteiger partial charge on any atom is 0.316 e. The molecule has 4 atom stereocenters. The zero-order valence-corrected chi connectivity index (χ0v) is 15.3. The molecule has 2 aliphatic heterocycles. The van der Waals surface area contributed by atoms with Gasteiger partial charge in [-0.05, 0) is 34.1 Å². The molecule has 0 saturated carbocycles. The van der Waals surface area contributed by atoms with Gasteiger partial charge in [0.15, 0.2) is 0 Å². The van der Waals surface area contributed by atoms with Gasteiger partial charge < -0.3 is 19.3 Å². The van der Waals surface area contributed by atoms with Gasteiger partial charge in [0, 0.05) is 0 Å². The highest BCUT2D eigenvalue weighted by Gasteiger charge is 2.71. The lowest BCUT2D eigenvalue weighted by molar-refractivity contribution is -0.175.